The van der Waals surface area contributed by atoms with E-state index in [-0.39, 0.29) is 0 Å². The van der Waals surface area contributed by atoms with Crippen LogP contribution in [0.2, 0.25) is 5.15 Å². The predicted molar refractivity (Wildman–Crippen MR) is 71.0 cm³/mol. The van der Waals surface area contributed by atoms with Crippen LogP contribution >= 0.6 is 11.6 Å². The molecule has 0 saturated heterocycles. The summed E-state index contributed by atoms with van der Waals surface area (Å²) in [5.41, 5.74) is 2.39. The number of nitriles is 1. The third-order valence-electron chi connectivity index (χ3n) is 2.70. The largest absolute Gasteiger partial charge is 0.329 e. The number of nitrogens with zero attached hydrogens (tertiary/aromatic N) is 4. The summed E-state index contributed by atoms with van der Waals surface area (Å²) >= 11 is 5.97. The van der Waals surface area contributed by atoms with Gasteiger partial charge >= 0.3 is 0 Å². The van der Waals surface area contributed by atoms with Crippen LogP contribution in [0.25, 0.3) is 0 Å². The summed E-state index contributed by atoms with van der Waals surface area (Å²) in [6.07, 6.45) is 1.44. The van der Waals surface area contributed by atoms with Gasteiger partial charge in [-0.25, -0.2) is 9.97 Å². The minimum atomic E-state index is 0.445. The van der Waals surface area contributed by atoms with E-state index in [1.165, 1.54) is 6.33 Å². The van der Waals surface area contributed by atoms with Gasteiger partial charge < -0.3 is 4.90 Å². The minimum Gasteiger partial charge on any atom is -0.329 e. The van der Waals surface area contributed by atoms with Crippen molar-refractivity contribution in [3.8, 4) is 6.07 Å². The van der Waals surface area contributed by atoms with Crippen LogP contribution in [-0.2, 0) is 0 Å². The highest BCUT2D eigenvalue weighted by Crippen LogP contribution is 2.27. The first-order valence-corrected chi connectivity index (χ1v) is 5.72. The second-order valence-corrected chi connectivity index (χ2v) is 4.19. The van der Waals surface area contributed by atoms with Gasteiger partial charge in [0.1, 0.15) is 17.3 Å². The van der Waals surface area contributed by atoms with Gasteiger partial charge in [-0.3, -0.25) is 0 Å². The lowest BCUT2D eigenvalue weighted by Gasteiger charge is -2.20. The van der Waals surface area contributed by atoms with Crippen molar-refractivity contribution in [2.24, 2.45) is 0 Å². The van der Waals surface area contributed by atoms with Gasteiger partial charge in [0.25, 0.3) is 0 Å². The monoisotopic (exact) mass is 258 g/mol. The molecule has 4 nitrogen and oxygen atoms in total. The molecule has 0 amide bonds. The Balaban J connectivity index is 2.38. The SMILES string of the molecule is Cc1c(Cl)ncnc1N(C)c1ccc(C#N)cc1. The maximum atomic E-state index is 8.76. The minimum absolute atomic E-state index is 0.445. The zero-order valence-electron chi connectivity index (χ0n) is 10.1. The molecule has 0 N–H and O–H groups in total. The average molecular weight is 259 g/mol. The molecular weight excluding hydrogens is 248 g/mol. The molecule has 0 radical (unpaired) electrons. The molecule has 1 aromatic carbocycles. The molecule has 1 heterocycles. The highest BCUT2D eigenvalue weighted by atomic mass is 35.5. The lowest BCUT2D eigenvalue weighted by atomic mass is 10.2. The molecular formula is C13H11ClN4. The van der Waals surface area contributed by atoms with E-state index in [0.29, 0.717) is 10.7 Å². The zero-order chi connectivity index (χ0) is 13.1. The van der Waals surface area contributed by atoms with Crippen molar-refractivity contribution in [3.63, 3.8) is 0 Å². The van der Waals surface area contributed by atoms with Crippen LogP contribution in [0.3, 0.4) is 0 Å². The Morgan fingerprint density at radius 2 is 1.89 bits per heavy atom. The number of rotatable bonds is 2. The third-order valence-corrected chi connectivity index (χ3v) is 3.08. The Bertz CT molecular complexity index is 601. The van der Waals surface area contributed by atoms with E-state index < -0.39 is 0 Å². The molecule has 0 bridgehead atoms. The Labute approximate surface area is 110 Å². The molecule has 0 saturated carbocycles. The third kappa shape index (κ3) is 2.27. The van der Waals surface area contributed by atoms with Gasteiger partial charge in [0.15, 0.2) is 0 Å². The highest BCUT2D eigenvalue weighted by Gasteiger charge is 2.11. The Morgan fingerprint density at radius 3 is 2.50 bits per heavy atom. The summed E-state index contributed by atoms with van der Waals surface area (Å²) in [6.45, 7) is 1.87. The van der Waals surface area contributed by atoms with E-state index in [1.54, 1.807) is 12.1 Å². The van der Waals surface area contributed by atoms with Crippen molar-refractivity contribution in [1.82, 2.24) is 9.97 Å². The normalized spacial score (nSPS) is 9.89. The zero-order valence-corrected chi connectivity index (χ0v) is 10.8. The quantitative estimate of drug-likeness (QED) is 0.777. The fourth-order valence-corrected chi connectivity index (χ4v) is 1.77. The molecule has 0 spiro atoms. The lowest BCUT2D eigenvalue weighted by Crippen LogP contribution is -2.13. The van der Waals surface area contributed by atoms with Gasteiger partial charge in [0, 0.05) is 18.3 Å². The standard InChI is InChI=1S/C13H11ClN4/c1-9-12(14)16-8-17-13(9)18(2)11-5-3-10(7-15)4-6-11/h3-6,8H,1-2H3. The molecule has 0 aliphatic carbocycles. The van der Waals surface area contributed by atoms with Crippen molar-refractivity contribution in [3.05, 3.63) is 46.9 Å². The van der Waals surface area contributed by atoms with E-state index in [4.69, 9.17) is 16.9 Å². The van der Waals surface area contributed by atoms with Gasteiger partial charge in [-0.2, -0.15) is 5.26 Å². The molecule has 2 aromatic rings. The highest BCUT2D eigenvalue weighted by molar-refractivity contribution is 6.30. The molecule has 18 heavy (non-hydrogen) atoms. The van der Waals surface area contributed by atoms with Crippen LogP contribution in [0.1, 0.15) is 11.1 Å². The van der Waals surface area contributed by atoms with Crippen molar-refractivity contribution in [2.75, 3.05) is 11.9 Å². The summed E-state index contributed by atoms with van der Waals surface area (Å²) in [6, 6.07) is 9.36. The molecule has 90 valence electrons. The summed E-state index contributed by atoms with van der Waals surface area (Å²) in [5, 5.41) is 9.21. The Morgan fingerprint density at radius 1 is 1.22 bits per heavy atom. The summed E-state index contributed by atoms with van der Waals surface area (Å²) in [5.74, 6) is 0.750. The van der Waals surface area contributed by atoms with Crippen LogP contribution in [0.5, 0.6) is 0 Å². The van der Waals surface area contributed by atoms with Gasteiger partial charge in [-0.1, -0.05) is 11.6 Å². The average Bonchev–Trinajstić information content (AvgIpc) is 2.41. The second-order valence-electron chi connectivity index (χ2n) is 3.83. The molecule has 0 unspecified atom stereocenters. The van der Waals surface area contributed by atoms with Crippen LogP contribution in [-0.4, -0.2) is 17.0 Å². The predicted octanol–water partition coefficient (Wildman–Crippen LogP) is 3.08. The number of anilines is 2. The topological polar surface area (TPSA) is 52.8 Å². The van der Waals surface area contributed by atoms with E-state index in [0.717, 1.165) is 17.1 Å². The molecule has 2 rings (SSSR count). The van der Waals surface area contributed by atoms with Crippen LogP contribution < -0.4 is 4.90 Å². The van der Waals surface area contributed by atoms with Crippen LogP contribution in [0.15, 0.2) is 30.6 Å². The first-order valence-electron chi connectivity index (χ1n) is 5.34. The molecule has 1 aromatic heterocycles. The number of hydrogen-bond donors (Lipinski definition) is 0. The Kier molecular flexibility index (Phi) is 3.45. The smallest absolute Gasteiger partial charge is 0.140 e. The van der Waals surface area contributed by atoms with Crippen molar-refractivity contribution < 1.29 is 0 Å². The van der Waals surface area contributed by atoms with E-state index >= 15 is 0 Å². The number of hydrogen-bond acceptors (Lipinski definition) is 4. The molecule has 0 aliphatic rings. The van der Waals surface area contributed by atoms with Gasteiger partial charge in [0.2, 0.25) is 0 Å². The van der Waals surface area contributed by atoms with Crippen molar-refractivity contribution in [2.45, 2.75) is 6.92 Å². The van der Waals surface area contributed by atoms with Crippen molar-refractivity contribution in [1.29, 1.82) is 5.26 Å². The summed E-state index contributed by atoms with van der Waals surface area (Å²) < 4.78 is 0. The fraction of sp³-hybridized carbons (Fsp3) is 0.154. The van der Waals surface area contributed by atoms with Gasteiger partial charge in [0.05, 0.1) is 11.6 Å². The first kappa shape index (κ1) is 12.3. The van der Waals surface area contributed by atoms with Crippen LogP contribution in [0.4, 0.5) is 11.5 Å². The maximum absolute atomic E-state index is 8.76. The second kappa shape index (κ2) is 5.03. The molecule has 0 aliphatic heterocycles. The molecule has 0 fully saturated rings. The first-order chi connectivity index (χ1) is 8.63. The number of benzene rings is 1. The summed E-state index contributed by atoms with van der Waals surface area (Å²) in [4.78, 5) is 10.1. The Hall–Kier alpha value is -2.12. The fourth-order valence-electron chi connectivity index (χ4n) is 1.64. The van der Waals surface area contributed by atoms with E-state index in [2.05, 4.69) is 16.0 Å². The summed E-state index contributed by atoms with van der Waals surface area (Å²) in [7, 11) is 1.90. The number of aromatic nitrogens is 2. The lowest BCUT2D eigenvalue weighted by molar-refractivity contribution is 1.05. The van der Waals surface area contributed by atoms with Gasteiger partial charge in [-0.05, 0) is 31.2 Å². The number of halogens is 1. The van der Waals surface area contributed by atoms with Crippen molar-refractivity contribution >= 4 is 23.1 Å². The molecule has 5 heteroatoms. The van der Waals surface area contributed by atoms with Crippen LogP contribution in [0, 0.1) is 18.3 Å². The van der Waals surface area contributed by atoms with E-state index in [9.17, 15) is 0 Å². The maximum Gasteiger partial charge on any atom is 0.140 e. The van der Waals surface area contributed by atoms with Gasteiger partial charge in [-0.15, -0.1) is 0 Å². The molecule has 0 atom stereocenters. The van der Waals surface area contributed by atoms with E-state index in [1.807, 2.05) is 31.0 Å².